The average molecular weight is 400 g/mol. The first-order valence-corrected chi connectivity index (χ1v) is 10.4. The molecule has 1 fully saturated rings. The highest BCUT2D eigenvalue weighted by molar-refractivity contribution is 5.86. The zero-order valence-corrected chi connectivity index (χ0v) is 17.0. The summed E-state index contributed by atoms with van der Waals surface area (Å²) in [5.74, 6) is 1.56. The Balaban J connectivity index is 1.30. The minimum Gasteiger partial charge on any atom is -0.492 e. The number of anilines is 2. The molecular weight excluding hydrogens is 376 g/mol. The Labute approximate surface area is 175 Å². The van der Waals surface area contributed by atoms with Crippen molar-refractivity contribution in [1.29, 1.82) is 0 Å². The quantitative estimate of drug-likeness (QED) is 0.487. The molecule has 2 heterocycles. The fourth-order valence-electron chi connectivity index (χ4n) is 3.92. The standard InChI is InChI=1S/C24H24N4O2/c1-2-29-22-10-6-5-9-21(22)27-13-15-28(16-14-27)24-25-23(26-30-24)20-12-11-18-7-3-4-8-19(18)17-20/h3-12,17H,2,13-16H2,1H3. The monoisotopic (exact) mass is 400 g/mol. The van der Waals surface area contributed by atoms with Gasteiger partial charge in [0.25, 0.3) is 0 Å². The molecule has 0 unspecified atom stereocenters. The number of piperazine rings is 1. The van der Waals surface area contributed by atoms with Gasteiger partial charge in [-0.2, -0.15) is 4.98 Å². The number of fused-ring (bicyclic) bond motifs is 1. The number of rotatable bonds is 5. The second kappa shape index (κ2) is 8.06. The maximum absolute atomic E-state index is 5.79. The number of hydrogen-bond acceptors (Lipinski definition) is 6. The molecule has 0 aliphatic carbocycles. The van der Waals surface area contributed by atoms with Crippen LogP contribution in [0.25, 0.3) is 22.2 Å². The molecule has 1 aromatic heterocycles. The molecule has 0 saturated carbocycles. The number of benzene rings is 3. The lowest BCUT2D eigenvalue weighted by Gasteiger charge is -2.35. The third-order valence-electron chi connectivity index (χ3n) is 5.48. The van der Waals surface area contributed by atoms with Gasteiger partial charge in [-0.05, 0) is 35.9 Å². The van der Waals surface area contributed by atoms with Crippen LogP contribution in [0, 0.1) is 0 Å². The topological polar surface area (TPSA) is 54.6 Å². The molecule has 3 aromatic carbocycles. The van der Waals surface area contributed by atoms with Crippen molar-refractivity contribution in [2.24, 2.45) is 0 Å². The van der Waals surface area contributed by atoms with Crippen molar-refractivity contribution in [2.45, 2.75) is 6.92 Å². The number of ether oxygens (including phenoxy) is 1. The molecule has 0 radical (unpaired) electrons. The highest BCUT2D eigenvalue weighted by Gasteiger charge is 2.23. The van der Waals surface area contributed by atoms with E-state index in [2.05, 4.69) is 56.3 Å². The minimum absolute atomic E-state index is 0.580. The zero-order chi connectivity index (χ0) is 20.3. The maximum atomic E-state index is 5.79. The second-order valence-electron chi connectivity index (χ2n) is 7.34. The van der Waals surface area contributed by atoms with Crippen molar-refractivity contribution in [3.63, 3.8) is 0 Å². The van der Waals surface area contributed by atoms with Crippen molar-refractivity contribution < 1.29 is 9.26 Å². The van der Waals surface area contributed by atoms with Crippen molar-refractivity contribution in [1.82, 2.24) is 10.1 Å². The molecule has 1 saturated heterocycles. The molecule has 5 rings (SSSR count). The molecule has 1 aliphatic rings. The van der Waals surface area contributed by atoms with E-state index in [0.29, 0.717) is 18.4 Å². The zero-order valence-electron chi connectivity index (χ0n) is 17.0. The van der Waals surface area contributed by atoms with Gasteiger partial charge >= 0.3 is 6.01 Å². The van der Waals surface area contributed by atoms with Crippen molar-refractivity contribution in [3.05, 3.63) is 66.7 Å². The Bertz CT molecular complexity index is 1150. The minimum atomic E-state index is 0.580. The van der Waals surface area contributed by atoms with Crippen molar-refractivity contribution >= 4 is 22.5 Å². The average Bonchev–Trinajstić information content (AvgIpc) is 3.30. The van der Waals surface area contributed by atoms with Crippen LogP contribution in [0.5, 0.6) is 5.75 Å². The summed E-state index contributed by atoms with van der Waals surface area (Å²) >= 11 is 0. The van der Waals surface area contributed by atoms with Crippen LogP contribution in [0.1, 0.15) is 6.92 Å². The molecule has 1 aliphatic heterocycles. The Kier molecular flexibility index (Phi) is 4.97. The van der Waals surface area contributed by atoms with Crippen LogP contribution in [0.2, 0.25) is 0 Å². The fourth-order valence-corrected chi connectivity index (χ4v) is 3.92. The lowest BCUT2D eigenvalue weighted by atomic mass is 10.1. The van der Waals surface area contributed by atoms with E-state index >= 15 is 0 Å². The number of aromatic nitrogens is 2. The molecule has 0 atom stereocenters. The summed E-state index contributed by atoms with van der Waals surface area (Å²) < 4.78 is 11.4. The molecule has 0 bridgehead atoms. The maximum Gasteiger partial charge on any atom is 0.324 e. The van der Waals surface area contributed by atoms with Gasteiger partial charge in [0.1, 0.15) is 5.75 Å². The van der Waals surface area contributed by atoms with Gasteiger partial charge in [0.15, 0.2) is 0 Å². The summed E-state index contributed by atoms with van der Waals surface area (Å²) in [7, 11) is 0. The highest BCUT2D eigenvalue weighted by Crippen LogP contribution is 2.30. The van der Waals surface area contributed by atoms with Gasteiger partial charge in [-0.3, -0.25) is 0 Å². The largest absolute Gasteiger partial charge is 0.492 e. The molecule has 6 heteroatoms. The summed E-state index contributed by atoms with van der Waals surface area (Å²) in [4.78, 5) is 9.16. The fraction of sp³-hybridized carbons (Fsp3) is 0.250. The van der Waals surface area contributed by atoms with Gasteiger partial charge < -0.3 is 19.1 Å². The number of para-hydroxylation sites is 2. The normalized spacial score (nSPS) is 14.3. The van der Waals surface area contributed by atoms with E-state index in [9.17, 15) is 0 Å². The molecule has 152 valence electrons. The van der Waals surface area contributed by atoms with Gasteiger partial charge in [-0.15, -0.1) is 0 Å². The summed E-state index contributed by atoms with van der Waals surface area (Å²) in [5.41, 5.74) is 2.11. The van der Waals surface area contributed by atoms with Gasteiger partial charge in [0.05, 0.1) is 12.3 Å². The number of hydrogen-bond donors (Lipinski definition) is 0. The third kappa shape index (κ3) is 3.56. The first kappa shape index (κ1) is 18.5. The Morgan fingerprint density at radius 1 is 0.867 bits per heavy atom. The predicted molar refractivity (Wildman–Crippen MR) is 119 cm³/mol. The van der Waals surface area contributed by atoms with E-state index in [1.165, 1.54) is 10.8 Å². The Morgan fingerprint density at radius 3 is 2.43 bits per heavy atom. The first-order valence-electron chi connectivity index (χ1n) is 10.4. The van der Waals surface area contributed by atoms with Crippen LogP contribution in [0.4, 0.5) is 11.7 Å². The highest BCUT2D eigenvalue weighted by atomic mass is 16.5. The van der Waals surface area contributed by atoms with Crippen LogP contribution < -0.4 is 14.5 Å². The second-order valence-corrected chi connectivity index (χ2v) is 7.34. The van der Waals surface area contributed by atoms with Gasteiger partial charge in [-0.25, -0.2) is 0 Å². The van der Waals surface area contributed by atoms with E-state index in [0.717, 1.165) is 43.2 Å². The SMILES string of the molecule is CCOc1ccccc1N1CCN(c2nc(-c3ccc4ccccc4c3)no2)CC1. The predicted octanol–water partition coefficient (Wildman–Crippen LogP) is 4.62. The third-order valence-corrected chi connectivity index (χ3v) is 5.48. The summed E-state index contributed by atoms with van der Waals surface area (Å²) in [6, 6.07) is 23.3. The Hall–Kier alpha value is -3.54. The van der Waals surface area contributed by atoms with Crippen LogP contribution in [-0.4, -0.2) is 42.9 Å². The van der Waals surface area contributed by atoms with E-state index in [1.54, 1.807) is 0 Å². The van der Waals surface area contributed by atoms with Crippen LogP contribution >= 0.6 is 0 Å². The van der Waals surface area contributed by atoms with Gasteiger partial charge in [-0.1, -0.05) is 53.7 Å². The summed E-state index contributed by atoms with van der Waals surface area (Å²) in [5, 5.41) is 6.59. The van der Waals surface area contributed by atoms with Crippen LogP contribution in [-0.2, 0) is 0 Å². The molecule has 4 aromatic rings. The summed E-state index contributed by atoms with van der Waals surface area (Å²) in [6.45, 7) is 6.06. The van der Waals surface area contributed by atoms with Crippen LogP contribution in [0.15, 0.2) is 71.3 Å². The first-order chi connectivity index (χ1) is 14.8. The van der Waals surface area contributed by atoms with E-state index < -0.39 is 0 Å². The molecule has 0 N–H and O–H groups in total. The van der Waals surface area contributed by atoms with Gasteiger partial charge in [0, 0.05) is 31.7 Å². The summed E-state index contributed by atoms with van der Waals surface area (Å²) in [6.07, 6.45) is 0. The smallest absolute Gasteiger partial charge is 0.324 e. The lowest BCUT2D eigenvalue weighted by Crippen LogP contribution is -2.46. The molecule has 0 amide bonds. The molecular formula is C24H24N4O2. The molecule has 0 spiro atoms. The van der Waals surface area contributed by atoms with Crippen molar-refractivity contribution in [3.8, 4) is 17.1 Å². The lowest BCUT2D eigenvalue weighted by molar-refractivity contribution is 0.340. The van der Waals surface area contributed by atoms with E-state index in [1.807, 2.05) is 37.3 Å². The Morgan fingerprint density at radius 2 is 1.60 bits per heavy atom. The molecule has 30 heavy (non-hydrogen) atoms. The molecule has 6 nitrogen and oxygen atoms in total. The van der Waals surface area contributed by atoms with E-state index in [-0.39, 0.29) is 0 Å². The van der Waals surface area contributed by atoms with Crippen molar-refractivity contribution in [2.75, 3.05) is 42.6 Å². The van der Waals surface area contributed by atoms with Crippen LogP contribution in [0.3, 0.4) is 0 Å². The van der Waals surface area contributed by atoms with E-state index in [4.69, 9.17) is 9.26 Å². The number of nitrogens with zero attached hydrogens (tertiary/aromatic N) is 4. The van der Waals surface area contributed by atoms with Gasteiger partial charge in [0.2, 0.25) is 5.82 Å².